The van der Waals surface area contributed by atoms with Gasteiger partial charge in [-0.1, -0.05) is 36.7 Å². The zero-order chi connectivity index (χ0) is 22.7. The molecule has 2 heterocycles. The summed E-state index contributed by atoms with van der Waals surface area (Å²) >= 11 is 2.47. The third-order valence-corrected chi connectivity index (χ3v) is 7.52. The molecule has 0 bridgehead atoms. The van der Waals surface area contributed by atoms with Gasteiger partial charge in [0.15, 0.2) is 5.16 Å². The van der Waals surface area contributed by atoms with Gasteiger partial charge in [-0.15, -0.1) is 11.3 Å². The van der Waals surface area contributed by atoms with Gasteiger partial charge in [-0.3, -0.25) is 14.2 Å². The Morgan fingerprint density at radius 1 is 1.28 bits per heavy atom. The van der Waals surface area contributed by atoms with Crippen molar-refractivity contribution < 1.29 is 14.3 Å². The number of carbonyl (C=O) groups excluding carboxylic acids is 2. The first-order valence-corrected chi connectivity index (χ1v) is 12.5. The van der Waals surface area contributed by atoms with Gasteiger partial charge in [0.2, 0.25) is 5.91 Å². The highest BCUT2D eigenvalue weighted by Crippen LogP contribution is 2.32. The SMILES string of the molecule is CCOC(=O)c1sc(NC(=O)CSc2nc3ccccc3c(=O)n2C2CCCC2)cc1C. The molecular weight excluding hydrogens is 446 g/mol. The van der Waals surface area contributed by atoms with E-state index in [9.17, 15) is 14.4 Å². The van der Waals surface area contributed by atoms with Crippen LogP contribution in [0.1, 0.15) is 53.9 Å². The van der Waals surface area contributed by atoms with Gasteiger partial charge in [-0.2, -0.15) is 0 Å². The minimum atomic E-state index is -0.384. The van der Waals surface area contributed by atoms with Crippen LogP contribution in [-0.2, 0) is 9.53 Å². The van der Waals surface area contributed by atoms with Gasteiger partial charge >= 0.3 is 5.97 Å². The Balaban J connectivity index is 1.52. The largest absolute Gasteiger partial charge is 0.462 e. The number of hydrogen-bond donors (Lipinski definition) is 1. The van der Waals surface area contributed by atoms with E-state index in [4.69, 9.17) is 9.72 Å². The maximum atomic E-state index is 13.2. The van der Waals surface area contributed by atoms with Gasteiger partial charge in [0.1, 0.15) is 4.88 Å². The van der Waals surface area contributed by atoms with Gasteiger partial charge in [-0.25, -0.2) is 9.78 Å². The summed E-state index contributed by atoms with van der Waals surface area (Å²) in [6, 6.07) is 9.22. The minimum absolute atomic E-state index is 0.0432. The Morgan fingerprint density at radius 3 is 2.78 bits per heavy atom. The van der Waals surface area contributed by atoms with Crippen LogP contribution in [-0.4, -0.2) is 33.8 Å². The van der Waals surface area contributed by atoms with E-state index in [-0.39, 0.29) is 29.2 Å². The molecule has 1 aliphatic rings. The molecule has 1 aliphatic carbocycles. The van der Waals surface area contributed by atoms with E-state index in [1.807, 2.05) is 25.1 Å². The van der Waals surface area contributed by atoms with Crippen molar-refractivity contribution in [2.45, 2.75) is 50.7 Å². The average Bonchev–Trinajstić information content (AvgIpc) is 3.42. The van der Waals surface area contributed by atoms with Crippen LogP contribution in [0.5, 0.6) is 0 Å². The number of anilines is 1. The van der Waals surface area contributed by atoms with Crippen LogP contribution in [0.4, 0.5) is 5.00 Å². The van der Waals surface area contributed by atoms with Crippen LogP contribution < -0.4 is 10.9 Å². The molecular formula is C23H25N3O4S2. The molecule has 0 saturated heterocycles. The molecule has 0 unspecified atom stereocenters. The van der Waals surface area contributed by atoms with Crippen LogP contribution in [0.15, 0.2) is 40.3 Å². The molecule has 32 heavy (non-hydrogen) atoms. The second kappa shape index (κ2) is 9.87. The predicted octanol–water partition coefficient (Wildman–Crippen LogP) is 4.79. The number of benzene rings is 1. The number of ether oxygens (including phenoxy) is 1. The Kier molecular flexibility index (Phi) is 6.95. The molecule has 0 aliphatic heterocycles. The summed E-state index contributed by atoms with van der Waals surface area (Å²) in [5, 5.41) is 4.62. The minimum Gasteiger partial charge on any atom is -0.462 e. The number of esters is 1. The van der Waals surface area contributed by atoms with Crippen LogP contribution in [0.3, 0.4) is 0 Å². The maximum Gasteiger partial charge on any atom is 0.348 e. The van der Waals surface area contributed by atoms with Crippen molar-refractivity contribution in [3.05, 3.63) is 51.1 Å². The third-order valence-electron chi connectivity index (χ3n) is 5.44. The third kappa shape index (κ3) is 4.73. The number of fused-ring (bicyclic) bond motifs is 1. The van der Waals surface area contributed by atoms with Gasteiger partial charge in [0.25, 0.3) is 5.56 Å². The highest BCUT2D eigenvalue weighted by molar-refractivity contribution is 7.99. The first-order valence-electron chi connectivity index (χ1n) is 10.7. The molecule has 7 nitrogen and oxygen atoms in total. The van der Waals surface area contributed by atoms with Crippen molar-refractivity contribution in [2.24, 2.45) is 0 Å². The molecule has 1 saturated carbocycles. The van der Waals surface area contributed by atoms with Crippen molar-refractivity contribution in [3.8, 4) is 0 Å². The quantitative estimate of drug-likeness (QED) is 0.303. The van der Waals surface area contributed by atoms with Crippen LogP contribution in [0, 0.1) is 6.92 Å². The second-order valence-electron chi connectivity index (χ2n) is 7.71. The topological polar surface area (TPSA) is 90.3 Å². The smallest absolute Gasteiger partial charge is 0.348 e. The molecule has 0 atom stereocenters. The van der Waals surface area contributed by atoms with Crippen molar-refractivity contribution >= 4 is 50.9 Å². The summed E-state index contributed by atoms with van der Waals surface area (Å²) in [7, 11) is 0. The molecule has 2 aromatic heterocycles. The molecule has 1 N–H and O–H groups in total. The van der Waals surface area contributed by atoms with Crippen molar-refractivity contribution in [1.29, 1.82) is 0 Å². The van der Waals surface area contributed by atoms with E-state index in [1.165, 1.54) is 23.1 Å². The normalized spacial score (nSPS) is 14.1. The molecule has 1 fully saturated rings. The lowest BCUT2D eigenvalue weighted by molar-refractivity contribution is -0.113. The summed E-state index contributed by atoms with van der Waals surface area (Å²) in [6.45, 7) is 3.87. The monoisotopic (exact) mass is 471 g/mol. The van der Waals surface area contributed by atoms with Crippen LogP contribution >= 0.6 is 23.1 Å². The number of aryl methyl sites for hydroxylation is 1. The van der Waals surface area contributed by atoms with E-state index in [2.05, 4.69) is 5.32 Å². The summed E-state index contributed by atoms with van der Waals surface area (Å²) in [6.07, 6.45) is 4.08. The maximum absolute atomic E-state index is 13.2. The van der Waals surface area contributed by atoms with Crippen molar-refractivity contribution in [3.63, 3.8) is 0 Å². The van der Waals surface area contributed by atoms with Gasteiger partial charge in [0.05, 0.1) is 28.3 Å². The summed E-state index contributed by atoms with van der Waals surface area (Å²) in [5.74, 6) is -0.485. The Morgan fingerprint density at radius 2 is 2.03 bits per heavy atom. The second-order valence-corrected chi connectivity index (χ2v) is 9.70. The summed E-state index contributed by atoms with van der Waals surface area (Å²) in [5.41, 5.74) is 1.36. The average molecular weight is 472 g/mol. The van der Waals surface area contributed by atoms with Crippen LogP contribution in [0.2, 0.25) is 0 Å². The highest BCUT2D eigenvalue weighted by atomic mass is 32.2. The van der Waals surface area contributed by atoms with Crippen LogP contribution in [0.25, 0.3) is 10.9 Å². The number of para-hydroxylation sites is 1. The van der Waals surface area contributed by atoms with Gasteiger partial charge in [-0.05, 0) is 50.5 Å². The lowest BCUT2D eigenvalue weighted by Crippen LogP contribution is -2.27. The number of nitrogens with zero attached hydrogens (tertiary/aromatic N) is 2. The molecule has 1 amide bonds. The molecule has 1 aromatic carbocycles. The molecule has 4 rings (SSSR count). The predicted molar refractivity (Wildman–Crippen MR) is 128 cm³/mol. The highest BCUT2D eigenvalue weighted by Gasteiger charge is 2.23. The standard InChI is InChI=1S/C23H25N3O4S2/c1-3-30-22(29)20-14(2)12-19(32-20)25-18(27)13-31-23-24-17-11-7-6-10-16(17)21(28)26(23)15-8-4-5-9-15/h6-7,10-12,15H,3-5,8-9,13H2,1-2H3,(H,25,27). The first-order chi connectivity index (χ1) is 15.5. The number of rotatable bonds is 7. The van der Waals surface area contributed by atoms with E-state index >= 15 is 0 Å². The summed E-state index contributed by atoms with van der Waals surface area (Å²) in [4.78, 5) is 43.0. The van der Waals surface area contributed by atoms with Gasteiger partial charge < -0.3 is 10.1 Å². The lowest BCUT2D eigenvalue weighted by atomic mass is 10.2. The van der Waals surface area contributed by atoms with E-state index < -0.39 is 0 Å². The van der Waals surface area contributed by atoms with E-state index in [0.717, 1.165) is 31.2 Å². The van der Waals surface area contributed by atoms with E-state index in [1.54, 1.807) is 23.6 Å². The molecule has 168 valence electrons. The number of amides is 1. The fourth-order valence-corrected chi connectivity index (χ4v) is 5.81. The number of thioether (sulfide) groups is 1. The molecule has 9 heteroatoms. The zero-order valence-corrected chi connectivity index (χ0v) is 19.7. The Hall–Kier alpha value is -2.65. The number of nitrogens with one attached hydrogen (secondary N) is 1. The molecule has 0 radical (unpaired) electrons. The lowest BCUT2D eigenvalue weighted by Gasteiger charge is -2.18. The van der Waals surface area contributed by atoms with Crippen molar-refractivity contribution in [1.82, 2.24) is 9.55 Å². The summed E-state index contributed by atoms with van der Waals surface area (Å²) < 4.78 is 6.83. The fourth-order valence-electron chi connectivity index (χ4n) is 3.96. The van der Waals surface area contributed by atoms with Gasteiger partial charge in [0, 0.05) is 6.04 Å². The Labute approximate surface area is 194 Å². The fraction of sp³-hybridized carbons (Fsp3) is 0.391. The number of thiophene rings is 1. The first kappa shape index (κ1) is 22.5. The molecule has 0 spiro atoms. The van der Waals surface area contributed by atoms with E-state index in [0.29, 0.717) is 32.5 Å². The number of aromatic nitrogens is 2. The Bertz CT molecular complexity index is 1210. The number of hydrogen-bond acceptors (Lipinski definition) is 7. The van der Waals surface area contributed by atoms with Crippen molar-refractivity contribution in [2.75, 3.05) is 17.7 Å². The zero-order valence-electron chi connectivity index (χ0n) is 18.1. The number of carbonyl (C=O) groups is 2. The molecule has 3 aromatic rings.